The van der Waals surface area contributed by atoms with Gasteiger partial charge in [0.1, 0.15) is 17.2 Å². The van der Waals surface area contributed by atoms with Crippen molar-refractivity contribution in [3.8, 4) is 17.2 Å². The molecule has 3 heterocycles. The fourth-order valence-corrected chi connectivity index (χ4v) is 4.65. The number of rotatable bonds is 3. The number of carbonyl (C=O) groups is 2. The Morgan fingerprint density at radius 2 is 1.77 bits per heavy atom. The number of hydrogen-bond acceptors (Lipinski definition) is 6. The number of ketones is 1. The Kier molecular flexibility index (Phi) is 4.77. The summed E-state index contributed by atoms with van der Waals surface area (Å²) in [5.41, 5.74) is 2.47. The van der Waals surface area contributed by atoms with E-state index in [4.69, 9.17) is 14.2 Å². The number of pyridine rings is 1. The Morgan fingerprint density at radius 3 is 2.57 bits per heavy atom. The fourth-order valence-electron chi connectivity index (χ4n) is 4.65. The fraction of sp³-hybridized carbons (Fsp3) is 0.107. The molecule has 2 aliphatic rings. The summed E-state index contributed by atoms with van der Waals surface area (Å²) in [6.45, 7) is 0. The first-order valence-corrected chi connectivity index (χ1v) is 11.1. The molecule has 35 heavy (non-hydrogen) atoms. The molecule has 4 aromatic rings. The molecule has 0 amide bonds. The first kappa shape index (κ1) is 20.9. The van der Waals surface area contributed by atoms with Gasteiger partial charge < -0.3 is 19.2 Å². The normalized spacial score (nSPS) is 17.6. The lowest BCUT2D eigenvalue weighted by atomic mass is 9.85. The second kappa shape index (κ2) is 7.99. The van der Waals surface area contributed by atoms with Crippen molar-refractivity contribution < 1.29 is 23.8 Å². The second-order valence-electron chi connectivity index (χ2n) is 8.44. The number of esters is 1. The minimum Gasteiger partial charge on any atom is -0.497 e. The standard InChI is InChI=1S/C28H19NO6/c1-33-17-8-6-15(7-9-17)12-23-26(31)18-10-11-22-25(27(18)35-23)19(14-24(30)34-22)20-13-16-4-2-3-5-21(16)29-28(20)32/h2-13,19H,14H2,1H3,(H,29,32)/b23-12+. The Hall–Kier alpha value is -4.65. The van der Waals surface area contributed by atoms with E-state index >= 15 is 0 Å². The summed E-state index contributed by atoms with van der Waals surface area (Å²) in [5.74, 6) is 0.112. The van der Waals surface area contributed by atoms with Crippen LogP contribution in [-0.2, 0) is 4.79 Å². The predicted octanol–water partition coefficient (Wildman–Crippen LogP) is 4.59. The molecule has 6 rings (SSSR count). The molecule has 3 aromatic carbocycles. The highest BCUT2D eigenvalue weighted by Crippen LogP contribution is 2.48. The van der Waals surface area contributed by atoms with Crippen LogP contribution in [0.1, 0.15) is 39.4 Å². The van der Waals surface area contributed by atoms with Crippen LogP contribution in [0.2, 0.25) is 0 Å². The zero-order valence-corrected chi connectivity index (χ0v) is 18.7. The predicted molar refractivity (Wildman–Crippen MR) is 129 cm³/mol. The van der Waals surface area contributed by atoms with Crippen molar-refractivity contribution in [2.45, 2.75) is 12.3 Å². The zero-order valence-electron chi connectivity index (χ0n) is 18.7. The highest BCUT2D eigenvalue weighted by atomic mass is 16.5. The topological polar surface area (TPSA) is 94.7 Å². The molecule has 1 aromatic heterocycles. The summed E-state index contributed by atoms with van der Waals surface area (Å²) in [6, 6.07) is 19.6. The maximum Gasteiger partial charge on any atom is 0.312 e. The zero-order chi connectivity index (χ0) is 24.1. The van der Waals surface area contributed by atoms with Gasteiger partial charge in [-0.3, -0.25) is 14.4 Å². The molecule has 0 spiro atoms. The molecule has 1 atom stereocenters. The van der Waals surface area contributed by atoms with Crippen molar-refractivity contribution in [1.29, 1.82) is 0 Å². The summed E-state index contributed by atoms with van der Waals surface area (Å²) in [7, 11) is 1.58. The first-order valence-electron chi connectivity index (χ1n) is 11.1. The van der Waals surface area contributed by atoms with Crippen molar-refractivity contribution in [2.24, 2.45) is 0 Å². The summed E-state index contributed by atoms with van der Waals surface area (Å²) >= 11 is 0. The van der Waals surface area contributed by atoms with E-state index in [1.54, 1.807) is 43.5 Å². The van der Waals surface area contributed by atoms with E-state index in [0.29, 0.717) is 33.7 Å². The van der Waals surface area contributed by atoms with E-state index in [0.717, 1.165) is 10.9 Å². The Balaban J connectivity index is 1.47. The Bertz CT molecular complexity index is 1610. The number of allylic oxidation sites excluding steroid dienone is 1. The molecule has 172 valence electrons. The van der Waals surface area contributed by atoms with Gasteiger partial charge in [0.25, 0.3) is 5.56 Å². The smallest absolute Gasteiger partial charge is 0.312 e. The van der Waals surface area contributed by atoms with Gasteiger partial charge in [0, 0.05) is 22.6 Å². The van der Waals surface area contributed by atoms with E-state index < -0.39 is 11.9 Å². The first-order chi connectivity index (χ1) is 17.0. The minimum absolute atomic E-state index is 0.0417. The van der Waals surface area contributed by atoms with Crippen LogP contribution in [0.25, 0.3) is 17.0 Å². The third-order valence-electron chi connectivity index (χ3n) is 6.35. The summed E-state index contributed by atoms with van der Waals surface area (Å²) in [6.07, 6.45) is 1.61. The lowest BCUT2D eigenvalue weighted by Gasteiger charge is -2.26. The number of ether oxygens (including phenoxy) is 3. The molecule has 1 N–H and O–H groups in total. The van der Waals surface area contributed by atoms with E-state index in [9.17, 15) is 14.4 Å². The van der Waals surface area contributed by atoms with Gasteiger partial charge >= 0.3 is 5.97 Å². The number of para-hydroxylation sites is 1. The maximum atomic E-state index is 13.2. The molecule has 0 bridgehead atoms. The third kappa shape index (κ3) is 3.49. The molecule has 0 saturated carbocycles. The van der Waals surface area contributed by atoms with Gasteiger partial charge in [-0.25, -0.2) is 0 Å². The average Bonchev–Trinajstić information content (AvgIpc) is 3.18. The summed E-state index contributed by atoms with van der Waals surface area (Å²) < 4.78 is 16.7. The van der Waals surface area contributed by atoms with E-state index in [1.165, 1.54) is 0 Å². The number of carbonyl (C=O) groups excluding carboxylic acids is 2. The number of fused-ring (bicyclic) bond motifs is 4. The number of hydrogen-bond donors (Lipinski definition) is 1. The lowest BCUT2D eigenvalue weighted by molar-refractivity contribution is -0.135. The molecule has 7 nitrogen and oxygen atoms in total. The van der Waals surface area contributed by atoms with Crippen LogP contribution in [0.3, 0.4) is 0 Å². The number of methoxy groups -OCH3 is 1. The van der Waals surface area contributed by atoms with Gasteiger partial charge in [-0.2, -0.15) is 0 Å². The lowest BCUT2D eigenvalue weighted by Crippen LogP contribution is -2.26. The van der Waals surface area contributed by atoms with E-state index in [-0.39, 0.29) is 29.3 Å². The van der Waals surface area contributed by atoms with E-state index in [2.05, 4.69) is 4.98 Å². The average molecular weight is 465 g/mol. The van der Waals surface area contributed by atoms with Crippen LogP contribution in [0.15, 0.2) is 77.3 Å². The van der Waals surface area contributed by atoms with Crippen LogP contribution in [-0.4, -0.2) is 23.8 Å². The van der Waals surface area contributed by atoms with Gasteiger partial charge in [-0.15, -0.1) is 0 Å². The van der Waals surface area contributed by atoms with Crippen LogP contribution in [0.4, 0.5) is 0 Å². The largest absolute Gasteiger partial charge is 0.497 e. The number of benzene rings is 3. The van der Waals surface area contributed by atoms with Gasteiger partial charge in [-0.05, 0) is 53.4 Å². The van der Waals surface area contributed by atoms with Gasteiger partial charge in [-0.1, -0.05) is 30.3 Å². The molecule has 0 aliphatic carbocycles. The summed E-state index contributed by atoms with van der Waals surface area (Å²) in [5, 5.41) is 0.840. The van der Waals surface area contributed by atoms with Gasteiger partial charge in [0.15, 0.2) is 5.76 Å². The van der Waals surface area contributed by atoms with Crippen LogP contribution in [0, 0.1) is 0 Å². The molecule has 0 radical (unpaired) electrons. The van der Waals surface area contributed by atoms with Crippen LogP contribution in [0.5, 0.6) is 17.2 Å². The molecular formula is C28H19NO6. The van der Waals surface area contributed by atoms with Crippen molar-refractivity contribution in [3.63, 3.8) is 0 Å². The van der Waals surface area contributed by atoms with Gasteiger partial charge in [0.05, 0.1) is 19.1 Å². The van der Waals surface area contributed by atoms with Crippen molar-refractivity contribution >= 4 is 28.7 Å². The van der Waals surface area contributed by atoms with Gasteiger partial charge in [0.2, 0.25) is 5.78 Å². The number of nitrogens with one attached hydrogen (secondary N) is 1. The van der Waals surface area contributed by atoms with Crippen molar-refractivity contribution in [2.75, 3.05) is 7.11 Å². The van der Waals surface area contributed by atoms with Crippen LogP contribution >= 0.6 is 0 Å². The Morgan fingerprint density at radius 1 is 0.971 bits per heavy atom. The third-order valence-corrected chi connectivity index (χ3v) is 6.35. The number of H-pyrrole nitrogens is 1. The highest BCUT2D eigenvalue weighted by Gasteiger charge is 2.39. The van der Waals surface area contributed by atoms with E-state index in [1.807, 2.05) is 36.4 Å². The number of aromatic nitrogens is 1. The van der Waals surface area contributed by atoms with Crippen LogP contribution < -0.4 is 19.8 Å². The second-order valence-corrected chi connectivity index (χ2v) is 8.44. The molecule has 2 aliphatic heterocycles. The number of aromatic amines is 1. The SMILES string of the molecule is COc1ccc(/C=C2/Oc3c(ccc4c3C(c3cc5ccccc5[nH]c3=O)CC(=O)O4)C2=O)cc1. The monoisotopic (exact) mass is 465 g/mol. The molecule has 1 unspecified atom stereocenters. The van der Waals surface area contributed by atoms with Crippen molar-refractivity contribution in [3.05, 3.63) is 105 Å². The molecule has 7 heteroatoms. The molecular weight excluding hydrogens is 446 g/mol. The highest BCUT2D eigenvalue weighted by molar-refractivity contribution is 6.15. The molecule has 0 fully saturated rings. The molecule has 0 saturated heterocycles. The maximum absolute atomic E-state index is 13.2. The Labute approximate surface area is 199 Å². The minimum atomic E-state index is -0.623. The summed E-state index contributed by atoms with van der Waals surface area (Å²) in [4.78, 5) is 41.5. The quantitative estimate of drug-likeness (QED) is 0.270. The number of Topliss-reactive ketones (excluding diaryl/α,β-unsaturated/α-hetero) is 1. The van der Waals surface area contributed by atoms with Crippen molar-refractivity contribution in [1.82, 2.24) is 4.98 Å².